The first-order chi connectivity index (χ1) is 9.65. The van der Waals surface area contributed by atoms with Gasteiger partial charge in [0.05, 0.1) is 23.9 Å². The first-order valence-electron chi connectivity index (χ1n) is 5.90. The first-order valence-corrected chi connectivity index (χ1v) is 6.27. The monoisotopic (exact) mass is 290 g/mol. The fourth-order valence-electron chi connectivity index (χ4n) is 1.80. The highest BCUT2D eigenvalue weighted by Crippen LogP contribution is 2.28. The summed E-state index contributed by atoms with van der Waals surface area (Å²) in [6.45, 7) is 0. The van der Waals surface area contributed by atoms with E-state index in [1.165, 1.54) is 12.1 Å². The molecule has 0 radical (unpaired) electrons. The summed E-state index contributed by atoms with van der Waals surface area (Å²) < 4.78 is 18.7. The summed E-state index contributed by atoms with van der Waals surface area (Å²) in [6, 6.07) is 12.9. The summed E-state index contributed by atoms with van der Waals surface area (Å²) in [5, 5.41) is 12.3. The van der Waals surface area contributed by atoms with Crippen molar-refractivity contribution in [3.05, 3.63) is 58.9 Å². The molecule has 0 aliphatic rings. The number of halogens is 2. The quantitative estimate of drug-likeness (QED) is 0.919. The molecule has 5 heteroatoms. The molecule has 102 valence electrons. The van der Waals surface area contributed by atoms with Gasteiger partial charge in [0, 0.05) is 0 Å². The zero-order valence-electron chi connectivity index (χ0n) is 10.7. The van der Waals surface area contributed by atoms with Crippen LogP contribution in [0, 0.1) is 17.1 Å². The maximum Gasteiger partial charge on any atom is 0.142 e. The Hall–Kier alpha value is -2.25. The Bertz CT molecular complexity index is 655. The van der Waals surface area contributed by atoms with Crippen molar-refractivity contribution in [1.82, 2.24) is 0 Å². The van der Waals surface area contributed by atoms with Gasteiger partial charge < -0.3 is 10.1 Å². The minimum atomic E-state index is -0.696. The van der Waals surface area contributed by atoms with E-state index < -0.39 is 11.9 Å². The van der Waals surface area contributed by atoms with Gasteiger partial charge in [0.15, 0.2) is 0 Å². The van der Waals surface area contributed by atoms with Gasteiger partial charge in [-0.15, -0.1) is 0 Å². The highest BCUT2D eigenvalue weighted by atomic mass is 35.5. The predicted molar refractivity (Wildman–Crippen MR) is 76.4 cm³/mol. The van der Waals surface area contributed by atoms with Crippen LogP contribution >= 0.6 is 11.6 Å². The third-order valence-electron chi connectivity index (χ3n) is 2.81. The molecule has 1 N–H and O–H groups in total. The largest absolute Gasteiger partial charge is 0.495 e. The smallest absolute Gasteiger partial charge is 0.142 e. The Labute approximate surface area is 121 Å². The van der Waals surface area contributed by atoms with Crippen LogP contribution in [0.1, 0.15) is 11.6 Å². The lowest BCUT2D eigenvalue weighted by atomic mass is 10.1. The van der Waals surface area contributed by atoms with Gasteiger partial charge in [-0.3, -0.25) is 0 Å². The number of hydrogen-bond donors (Lipinski definition) is 1. The Kier molecular flexibility index (Phi) is 4.44. The lowest BCUT2D eigenvalue weighted by Crippen LogP contribution is -2.09. The van der Waals surface area contributed by atoms with Crippen molar-refractivity contribution in [3.8, 4) is 11.8 Å². The molecule has 0 bridgehead atoms. The van der Waals surface area contributed by atoms with Crippen molar-refractivity contribution in [1.29, 1.82) is 5.26 Å². The van der Waals surface area contributed by atoms with Crippen LogP contribution in [0.4, 0.5) is 10.1 Å². The molecule has 1 unspecified atom stereocenters. The molecule has 0 aromatic heterocycles. The molecular formula is C15H12ClFN2O. The highest BCUT2D eigenvalue weighted by molar-refractivity contribution is 6.30. The molecule has 2 rings (SSSR count). The van der Waals surface area contributed by atoms with E-state index in [0.29, 0.717) is 17.0 Å². The summed E-state index contributed by atoms with van der Waals surface area (Å²) in [7, 11) is 1.55. The average molecular weight is 291 g/mol. The molecule has 0 fully saturated rings. The molecule has 0 saturated carbocycles. The van der Waals surface area contributed by atoms with E-state index in [-0.39, 0.29) is 5.02 Å². The van der Waals surface area contributed by atoms with Gasteiger partial charge in [-0.05, 0) is 29.8 Å². The SMILES string of the molecule is COc1ccccc1NC(C#N)c1ccc(Cl)c(F)c1. The molecule has 0 saturated heterocycles. The number of ether oxygens (including phenoxy) is 1. The minimum absolute atomic E-state index is 0.0303. The van der Waals surface area contributed by atoms with Gasteiger partial charge in [-0.1, -0.05) is 29.8 Å². The van der Waals surface area contributed by atoms with Gasteiger partial charge >= 0.3 is 0 Å². The zero-order chi connectivity index (χ0) is 14.5. The van der Waals surface area contributed by atoms with Crippen LogP contribution in [0.15, 0.2) is 42.5 Å². The second-order valence-corrected chi connectivity index (χ2v) is 4.49. The Morgan fingerprint density at radius 3 is 2.70 bits per heavy atom. The van der Waals surface area contributed by atoms with Gasteiger partial charge in [-0.2, -0.15) is 5.26 Å². The van der Waals surface area contributed by atoms with Crippen LogP contribution in [0.5, 0.6) is 5.75 Å². The number of benzene rings is 2. The van der Waals surface area contributed by atoms with Gasteiger partial charge in [0.25, 0.3) is 0 Å². The van der Waals surface area contributed by atoms with E-state index in [1.54, 1.807) is 25.3 Å². The van der Waals surface area contributed by atoms with Crippen LogP contribution in [0.2, 0.25) is 5.02 Å². The normalized spacial score (nSPS) is 11.5. The fourth-order valence-corrected chi connectivity index (χ4v) is 1.92. The van der Waals surface area contributed by atoms with E-state index in [2.05, 4.69) is 11.4 Å². The summed E-state index contributed by atoms with van der Waals surface area (Å²) in [4.78, 5) is 0. The number of anilines is 1. The predicted octanol–water partition coefficient (Wildman–Crippen LogP) is 4.16. The standard InChI is InChI=1S/C15H12ClFN2O/c1-20-15-5-3-2-4-13(15)19-14(9-18)10-6-7-11(16)12(17)8-10/h2-8,14,19H,1H3. The molecule has 2 aromatic rings. The number of nitriles is 1. The molecule has 1 atom stereocenters. The fraction of sp³-hybridized carbons (Fsp3) is 0.133. The van der Waals surface area contributed by atoms with Crippen molar-refractivity contribution in [3.63, 3.8) is 0 Å². The summed E-state index contributed by atoms with van der Waals surface area (Å²) in [5.74, 6) is 0.0634. The van der Waals surface area contributed by atoms with Crippen molar-refractivity contribution in [2.24, 2.45) is 0 Å². The summed E-state index contributed by atoms with van der Waals surface area (Å²) in [5.41, 5.74) is 1.16. The van der Waals surface area contributed by atoms with Gasteiger partial charge in [-0.25, -0.2) is 4.39 Å². The Balaban J connectivity index is 2.29. The number of nitrogens with zero attached hydrogens (tertiary/aromatic N) is 1. The summed E-state index contributed by atoms with van der Waals surface area (Å²) in [6.07, 6.45) is 0. The van der Waals surface area contributed by atoms with Gasteiger partial charge in [0.1, 0.15) is 17.6 Å². The zero-order valence-corrected chi connectivity index (χ0v) is 11.5. The third kappa shape index (κ3) is 3.01. The van der Waals surface area contributed by atoms with Crippen LogP contribution in [-0.2, 0) is 0 Å². The number of rotatable bonds is 4. The molecule has 3 nitrogen and oxygen atoms in total. The lowest BCUT2D eigenvalue weighted by molar-refractivity contribution is 0.416. The molecule has 2 aromatic carbocycles. The second-order valence-electron chi connectivity index (χ2n) is 4.08. The van der Waals surface area contributed by atoms with E-state index in [4.69, 9.17) is 16.3 Å². The lowest BCUT2D eigenvalue weighted by Gasteiger charge is -2.16. The van der Waals surface area contributed by atoms with Crippen LogP contribution in [0.25, 0.3) is 0 Å². The van der Waals surface area contributed by atoms with Crippen LogP contribution in [0.3, 0.4) is 0 Å². The van der Waals surface area contributed by atoms with Crippen molar-refractivity contribution in [2.45, 2.75) is 6.04 Å². The minimum Gasteiger partial charge on any atom is -0.495 e. The number of hydrogen-bond acceptors (Lipinski definition) is 3. The molecule has 0 aliphatic heterocycles. The van der Waals surface area contributed by atoms with Crippen LogP contribution < -0.4 is 10.1 Å². The van der Waals surface area contributed by atoms with E-state index in [9.17, 15) is 9.65 Å². The van der Waals surface area contributed by atoms with Crippen molar-refractivity contribution >= 4 is 17.3 Å². The Morgan fingerprint density at radius 2 is 2.05 bits per heavy atom. The van der Waals surface area contributed by atoms with E-state index in [1.807, 2.05) is 12.1 Å². The first kappa shape index (κ1) is 14.2. The Morgan fingerprint density at radius 1 is 1.30 bits per heavy atom. The van der Waals surface area contributed by atoms with E-state index in [0.717, 1.165) is 0 Å². The van der Waals surface area contributed by atoms with Crippen molar-refractivity contribution in [2.75, 3.05) is 12.4 Å². The average Bonchev–Trinajstić information content (AvgIpc) is 2.48. The third-order valence-corrected chi connectivity index (χ3v) is 3.12. The second kappa shape index (κ2) is 6.27. The maximum atomic E-state index is 13.5. The maximum absolute atomic E-state index is 13.5. The molecular weight excluding hydrogens is 279 g/mol. The van der Waals surface area contributed by atoms with Crippen molar-refractivity contribution < 1.29 is 9.13 Å². The highest BCUT2D eigenvalue weighted by Gasteiger charge is 2.14. The number of nitrogens with one attached hydrogen (secondary N) is 1. The molecule has 0 spiro atoms. The summed E-state index contributed by atoms with van der Waals surface area (Å²) >= 11 is 5.64. The molecule has 20 heavy (non-hydrogen) atoms. The van der Waals surface area contributed by atoms with E-state index >= 15 is 0 Å². The molecule has 0 aliphatic carbocycles. The molecule has 0 amide bonds. The number of para-hydroxylation sites is 2. The van der Waals surface area contributed by atoms with Crippen LogP contribution in [-0.4, -0.2) is 7.11 Å². The number of methoxy groups -OCH3 is 1. The topological polar surface area (TPSA) is 45.0 Å². The van der Waals surface area contributed by atoms with Gasteiger partial charge in [0.2, 0.25) is 0 Å². The molecule has 0 heterocycles.